The fourth-order valence-electron chi connectivity index (χ4n) is 1.61. The zero-order valence-electron chi connectivity index (χ0n) is 13.3. The van der Waals surface area contributed by atoms with Crippen molar-refractivity contribution in [3.8, 4) is 0 Å². The third-order valence-corrected chi connectivity index (χ3v) is 3.54. The molecule has 1 atom stereocenters. The maximum Gasteiger partial charge on any atom is 0.293 e. The Morgan fingerprint density at radius 3 is 2.11 bits per heavy atom. The van der Waals surface area contributed by atoms with Gasteiger partial charge in [0.1, 0.15) is 5.82 Å². The normalized spacial score (nSPS) is 14.3. The molecule has 5 nitrogen and oxygen atoms in total. The van der Waals surface area contributed by atoms with Crippen molar-refractivity contribution in [1.82, 2.24) is 20.1 Å². The predicted octanol–water partition coefficient (Wildman–Crippen LogP) is 2.61. The average Bonchev–Trinajstić information content (AvgIpc) is 2.73. The SMILES string of the molecule is CC(N(C)C(=O)c1n[nH]c(C(C)(C)C)n1)C(C)(C)C. The molecule has 1 aromatic rings. The molecule has 0 fully saturated rings. The second kappa shape index (κ2) is 4.94. The first-order valence-electron chi connectivity index (χ1n) is 6.64. The summed E-state index contributed by atoms with van der Waals surface area (Å²) in [6, 6.07) is 0.108. The lowest BCUT2D eigenvalue weighted by Crippen LogP contribution is -2.43. The molecule has 1 heterocycles. The summed E-state index contributed by atoms with van der Waals surface area (Å²) in [6.07, 6.45) is 0. The third kappa shape index (κ3) is 3.55. The zero-order chi connectivity index (χ0) is 15.0. The molecule has 0 aliphatic rings. The lowest BCUT2D eigenvalue weighted by molar-refractivity contribution is 0.0617. The number of aromatic amines is 1. The predicted molar refractivity (Wildman–Crippen MR) is 76.1 cm³/mol. The van der Waals surface area contributed by atoms with Crippen LogP contribution in [-0.4, -0.2) is 39.1 Å². The van der Waals surface area contributed by atoms with Crippen LogP contribution in [0.4, 0.5) is 0 Å². The number of amides is 1. The maximum absolute atomic E-state index is 12.4. The van der Waals surface area contributed by atoms with Crippen molar-refractivity contribution in [2.24, 2.45) is 5.41 Å². The minimum Gasteiger partial charge on any atom is -0.336 e. The molecule has 0 radical (unpaired) electrons. The van der Waals surface area contributed by atoms with Gasteiger partial charge in [-0.05, 0) is 12.3 Å². The molecule has 0 aromatic carbocycles. The number of hydrogen-bond acceptors (Lipinski definition) is 3. The number of H-pyrrole nitrogens is 1. The van der Waals surface area contributed by atoms with Gasteiger partial charge in [-0.3, -0.25) is 9.89 Å². The monoisotopic (exact) mass is 266 g/mol. The van der Waals surface area contributed by atoms with Crippen molar-refractivity contribution in [2.45, 2.75) is 59.9 Å². The summed E-state index contributed by atoms with van der Waals surface area (Å²) in [5.41, 5.74) is -0.118. The number of carbonyl (C=O) groups is 1. The van der Waals surface area contributed by atoms with E-state index in [1.165, 1.54) is 0 Å². The number of rotatable bonds is 2. The van der Waals surface area contributed by atoms with Crippen LogP contribution in [0.3, 0.4) is 0 Å². The lowest BCUT2D eigenvalue weighted by atomic mass is 9.87. The summed E-state index contributed by atoms with van der Waals surface area (Å²) in [4.78, 5) is 18.4. The van der Waals surface area contributed by atoms with Crippen LogP contribution in [-0.2, 0) is 5.41 Å². The van der Waals surface area contributed by atoms with Crippen LogP contribution >= 0.6 is 0 Å². The minimum atomic E-state index is -0.144. The molecule has 1 amide bonds. The van der Waals surface area contributed by atoms with Gasteiger partial charge in [0.05, 0.1) is 0 Å². The highest BCUT2D eigenvalue weighted by Gasteiger charge is 2.30. The largest absolute Gasteiger partial charge is 0.336 e. The Morgan fingerprint density at radius 2 is 1.74 bits per heavy atom. The number of carbonyl (C=O) groups excluding carboxylic acids is 1. The van der Waals surface area contributed by atoms with Crippen molar-refractivity contribution < 1.29 is 4.79 Å². The Balaban J connectivity index is 2.93. The Kier molecular flexibility index (Phi) is 4.08. The zero-order valence-corrected chi connectivity index (χ0v) is 13.3. The Morgan fingerprint density at radius 1 is 1.21 bits per heavy atom. The molecule has 1 aromatic heterocycles. The molecule has 1 unspecified atom stereocenters. The maximum atomic E-state index is 12.4. The van der Waals surface area contributed by atoms with Gasteiger partial charge in [-0.15, -0.1) is 5.10 Å². The van der Waals surface area contributed by atoms with E-state index in [0.717, 1.165) is 5.82 Å². The first-order valence-corrected chi connectivity index (χ1v) is 6.64. The van der Waals surface area contributed by atoms with Crippen LogP contribution in [0.2, 0.25) is 0 Å². The van der Waals surface area contributed by atoms with E-state index in [0.29, 0.717) is 0 Å². The van der Waals surface area contributed by atoms with Crippen LogP contribution < -0.4 is 0 Å². The second-order valence-corrected chi connectivity index (χ2v) is 7.22. The fourth-order valence-corrected chi connectivity index (χ4v) is 1.61. The molecule has 5 heteroatoms. The number of hydrogen-bond donors (Lipinski definition) is 1. The van der Waals surface area contributed by atoms with Gasteiger partial charge in [0.25, 0.3) is 5.91 Å². The van der Waals surface area contributed by atoms with Gasteiger partial charge in [0, 0.05) is 18.5 Å². The number of nitrogens with zero attached hydrogens (tertiary/aromatic N) is 3. The van der Waals surface area contributed by atoms with Gasteiger partial charge in [-0.2, -0.15) is 0 Å². The summed E-state index contributed by atoms with van der Waals surface area (Å²) in [5, 5.41) is 6.89. The van der Waals surface area contributed by atoms with Gasteiger partial charge in [-0.1, -0.05) is 41.5 Å². The highest BCUT2D eigenvalue weighted by Crippen LogP contribution is 2.24. The molecule has 0 bridgehead atoms. The Hall–Kier alpha value is -1.39. The van der Waals surface area contributed by atoms with Gasteiger partial charge >= 0.3 is 0 Å². The van der Waals surface area contributed by atoms with E-state index in [1.807, 2.05) is 27.7 Å². The topological polar surface area (TPSA) is 61.9 Å². The molecule has 0 spiro atoms. The summed E-state index contributed by atoms with van der Waals surface area (Å²) in [6.45, 7) is 14.5. The van der Waals surface area contributed by atoms with Crippen LogP contribution in [0.1, 0.15) is 64.9 Å². The second-order valence-electron chi connectivity index (χ2n) is 7.22. The summed E-state index contributed by atoms with van der Waals surface area (Å²) in [7, 11) is 1.80. The van der Waals surface area contributed by atoms with Crippen molar-refractivity contribution in [3.05, 3.63) is 11.6 Å². The van der Waals surface area contributed by atoms with E-state index < -0.39 is 0 Å². The van der Waals surface area contributed by atoms with Crippen molar-refractivity contribution in [2.75, 3.05) is 7.05 Å². The van der Waals surface area contributed by atoms with Crippen molar-refractivity contribution in [3.63, 3.8) is 0 Å². The average molecular weight is 266 g/mol. The fraction of sp³-hybridized carbons (Fsp3) is 0.786. The summed E-state index contributed by atoms with van der Waals surface area (Å²) < 4.78 is 0. The molecular weight excluding hydrogens is 240 g/mol. The molecule has 1 N–H and O–H groups in total. The first kappa shape index (κ1) is 15.7. The van der Waals surface area contributed by atoms with E-state index in [2.05, 4.69) is 36.0 Å². The third-order valence-electron chi connectivity index (χ3n) is 3.54. The van der Waals surface area contributed by atoms with Crippen LogP contribution in [0.5, 0.6) is 0 Å². The molecular formula is C14H26N4O. The molecule has 0 saturated heterocycles. The lowest BCUT2D eigenvalue weighted by Gasteiger charge is -2.34. The van der Waals surface area contributed by atoms with Gasteiger partial charge < -0.3 is 4.90 Å². The molecule has 0 aliphatic carbocycles. The van der Waals surface area contributed by atoms with Gasteiger partial charge in [0.2, 0.25) is 5.82 Å². The number of nitrogens with one attached hydrogen (secondary N) is 1. The Labute approximate surface area is 115 Å². The molecule has 0 aliphatic heterocycles. The molecule has 108 valence electrons. The quantitative estimate of drug-likeness (QED) is 0.895. The van der Waals surface area contributed by atoms with E-state index in [4.69, 9.17) is 0 Å². The minimum absolute atomic E-state index is 0.0214. The standard InChI is InChI=1S/C14H26N4O/c1-9(13(2,3)4)18(8)11(19)10-15-12(17-16-10)14(5,6)7/h9H,1-8H3,(H,15,16,17). The molecule has 19 heavy (non-hydrogen) atoms. The highest BCUT2D eigenvalue weighted by atomic mass is 16.2. The summed E-state index contributed by atoms with van der Waals surface area (Å²) in [5.74, 6) is 0.824. The Bertz CT molecular complexity index is 451. The smallest absolute Gasteiger partial charge is 0.293 e. The number of aromatic nitrogens is 3. The van der Waals surface area contributed by atoms with Crippen molar-refractivity contribution in [1.29, 1.82) is 0 Å². The van der Waals surface area contributed by atoms with E-state index in [-0.39, 0.29) is 28.6 Å². The highest BCUT2D eigenvalue weighted by molar-refractivity contribution is 5.90. The molecule has 0 saturated carbocycles. The van der Waals surface area contributed by atoms with Crippen LogP contribution in [0.25, 0.3) is 0 Å². The van der Waals surface area contributed by atoms with Crippen molar-refractivity contribution >= 4 is 5.91 Å². The first-order chi connectivity index (χ1) is 8.44. The van der Waals surface area contributed by atoms with E-state index in [1.54, 1.807) is 11.9 Å². The van der Waals surface area contributed by atoms with Gasteiger partial charge in [0.15, 0.2) is 0 Å². The summed E-state index contributed by atoms with van der Waals surface area (Å²) >= 11 is 0. The molecule has 1 rings (SSSR count). The van der Waals surface area contributed by atoms with Crippen LogP contribution in [0, 0.1) is 5.41 Å². The van der Waals surface area contributed by atoms with E-state index in [9.17, 15) is 4.79 Å². The van der Waals surface area contributed by atoms with Gasteiger partial charge in [-0.25, -0.2) is 4.98 Å². The van der Waals surface area contributed by atoms with E-state index >= 15 is 0 Å². The van der Waals surface area contributed by atoms with Crippen LogP contribution in [0.15, 0.2) is 0 Å².